The van der Waals surface area contributed by atoms with Gasteiger partial charge in [-0.05, 0) is 45.0 Å². The lowest BCUT2D eigenvalue weighted by molar-refractivity contribution is -0.154. The van der Waals surface area contributed by atoms with Crippen LogP contribution in [0, 0.1) is 0 Å². The number of rotatable bonds is 9. The largest absolute Gasteiger partial charge is 0.494 e. The summed E-state index contributed by atoms with van der Waals surface area (Å²) in [6.07, 6.45) is -0.881. The third-order valence-corrected chi connectivity index (χ3v) is 3.07. The van der Waals surface area contributed by atoms with Crippen molar-refractivity contribution in [2.45, 2.75) is 39.7 Å². The average Bonchev–Trinajstić information content (AvgIpc) is 2.53. The van der Waals surface area contributed by atoms with Gasteiger partial charge in [0.1, 0.15) is 5.75 Å². The molecule has 0 spiro atoms. The number of Topliss-reactive ketones (excluding diaryl/α,β-unsaturated/α-hetero) is 1. The van der Waals surface area contributed by atoms with Gasteiger partial charge in [-0.2, -0.15) is 0 Å². The van der Waals surface area contributed by atoms with Crippen LogP contribution in [0.25, 0.3) is 0 Å². The summed E-state index contributed by atoms with van der Waals surface area (Å²) in [5.41, 5.74) is 0.512. The second-order valence-corrected chi connectivity index (χ2v) is 4.91. The Morgan fingerprint density at radius 2 is 1.74 bits per heavy atom. The number of carbonyl (C=O) groups is 3. The van der Waals surface area contributed by atoms with E-state index in [-0.39, 0.29) is 24.5 Å². The molecule has 0 heterocycles. The highest BCUT2D eigenvalue weighted by Gasteiger charge is 2.18. The maximum Gasteiger partial charge on any atom is 0.307 e. The normalized spacial score (nSPS) is 11.4. The molecule has 0 aliphatic carbocycles. The van der Waals surface area contributed by atoms with Gasteiger partial charge in [-0.3, -0.25) is 14.4 Å². The molecule has 6 heteroatoms. The van der Waals surface area contributed by atoms with E-state index in [0.717, 1.165) is 0 Å². The van der Waals surface area contributed by atoms with Crippen molar-refractivity contribution in [3.05, 3.63) is 29.8 Å². The highest BCUT2D eigenvalue weighted by Crippen LogP contribution is 2.14. The molecular formula is C17H23NO5. The highest BCUT2D eigenvalue weighted by atomic mass is 16.5. The number of ketones is 1. The Morgan fingerprint density at radius 1 is 1.09 bits per heavy atom. The lowest BCUT2D eigenvalue weighted by Gasteiger charge is -2.12. The molecule has 1 rings (SSSR count). The fraction of sp³-hybridized carbons (Fsp3) is 0.471. The highest BCUT2D eigenvalue weighted by molar-refractivity contribution is 5.97. The molecule has 0 radical (unpaired) electrons. The van der Waals surface area contributed by atoms with E-state index in [1.807, 2.05) is 6.92 Å². The van der Waals surface area contributed by atoms with Crippen LogP contribution in [0.15, 0.2) is 24.3 Å². The molecular weight excluding hydrogens is 298 g/mol. The summed E-state index contributed by atoms with van der Waals surface area (Å²) in [6, 6.07) is 6.75. The molecule has 0 saturated heterocycles. The van der Waals surface area contributed by atoms with Crippen molar-refractivity contribution in [3.8, 4) is 5.75 Å². The second-order valence-electron chi connectivity index (χ2n) is 4.91. The minimum Gasteiger partial charge on any atom is -0.494 e. The van der Waals surface area contributed by atoms with Crippen LogP contribution in [0.5, 0.6) is 5.75 Å². The summed E-state index contributed by atoms with van der Waals surface area (Å²) < 4.78 is 10.3. The van der Waals surface area contributed by atoms with Gasteiger partial charge >= 0.3 is 5.97 Å². The molecule has 0 fully saturated rings. The van der Waals surface area contributed by atoms with Crippen molar-refractivity contribution in [3.63, 3.8) is 0 Å². The number of hydrogen-bond donors (Lipinski definition) is 1. The van der Waals surface area contributed by atoms with Crippen LogP contribution in [-0.2, 0) is 14.3 Å². The first-order valence-electron chi connectivity index (χ1n) is 7.71. The minimum absolute atomic E-state index is 0.0366. The van der Waals surface area contributed by atoms with E-state index in [9.17, 15) is 14.4 Å². The molecule has 0 unspecified atom stereocenters. The first-order chi connectivity index (χ1) is 11.0. The Labute approximate surface area is 136 Å². The van der Waals surface area contributed by atoms with Crippen LogP contribution < -0.4 is 10.1 Å². The zero-order valence-corrected chi connectivity index (χ0v) is 13.8. The first-order valence-corrected chi connectivity index (χ1v) is 7.71. The summed E-state index contributed by atoms with van der Waals surface area (Å²) >= 11 is 0. The molecule has 1 aromatic carbocycles. The summed E-state index contributed by atoms with van der Waals surface area (Å²) in [7, 11) is 0. The number of ether oxygens (including phenoxy) is 2. The van der Waals surface area contributed by atoms with Gasteiger partial charge < -0.3 is 14.8 Å². The van der Waals surface area contributed by atoms with E-state index in [1.54, 1.807) is 31.2 Å². The third-order valence-electron chi connectivity index (χ3n) is 3.07. The zero-order chi connectivity index (χ0) is 17.2. The van der Waals surface area contributed by atoms with Crippen LogP contribution in [0.4, 0.5) is 0 Å². The number of carbonyl (C=O) groups excluding carboxylic acids is 3. The van der Waals surface area contributed by atoms with Crippen LogP contribution in [0.1, 0.15) is 44.0 Å². The maximum atomic E-state index is 12.0. The summed E-state index contributed by atoms with van der Waals surface area (Å²) in [5.74, 6) is -0.378. The fourth-order valence-electron chi connectivity index (χ4n) is 1.89. The number of nitrogens with one attached hydrogen (secondary N) is 1. The minimum atomic E-state index is -0.858. The molecule has 23 heavy (non-hydrogen) atoms. The average molecular weight is 321 g/mol. The molecule has 1 atom stereocenters. The van der Waals surface area contributed by atoms with E-state index in [1.165, 1.54) is 6.92 Å². The van der Waals surface area contributed by atoms with Gasteiger partial charge in [0.05, 0.1) is 13.0 Å². The maximum absolute atomic E-state index is 12.0. The van der Waals surface area contributed by atoms with Crippen molar-refractivity contribution in [2.75, 3.05) is 13.2 Å². The van der Waals surface area contributed by atoms with E-state index < -0.39 is 12.1 Å². The summed E-state index contributed by atoms with van der Waals surface area (Å²) in [5, 5.41) is 2.56. The number of hydrogen-bond acceptors (Lipinski definition) is 5. The predicted octanol–water partition coefficient (Wildman–Crippen LogP) is 2.12. The Bertz CT molecular complexity index is 538. The standard InChI is InChI=1S/C17H23NO5/c1-4-18-17(21)12(3)23-16(20)11-10-15(19)13-6-8-14(9-7-13)22-5-2/h6-9,12H,4-5,10-11H2,1-3H3,(H,18,21)/t12-/m0/s1. The van der Waals surface area contributed by atoms with Crippen LogP contribution >= 0.6 is 0 Å². The third kappa shape index (κ3) is 6.50. The Kier molecular flexibility index (Phi) is 7.80. The number of amides is 1. The fourth-order valence-corrected chi connectivity index (χ4v) is 1.89. The molecule has 0 aliphatic heterocycles. The van der Waals surface area contributed by atoms with Gasteiger partial charge in [0.2, 0.25) is 0 Å². The van der Waals surface area contributed by atoms with Crippen molar-refractivity contribution >= 4 is 17.7 Å². The molecule has 6 nitrogen and oxygen atoms in total. The molecule has 0 aliphatic rings. The van der Waals surface area contributed by atoms with Crippen molar-refractivity contribution in [1.82, 2.24) is 5.32 Å². The van der Waals surface area contributed by atoms with Crippen molar-refractivity contribution in [2.24, 2.45) is 0 Å². The molecule has 0 saturated carbocycles. The van der Waals surface area contributed by atoms with Gasteiger partial charge in [0.25, 0.3) is 5.91 Å². The quantitative estimate of drug-likeness (QED) is 0.556. The summed E-state index contributed by atoms with van der Waals surface area (Å²) in [6.45, 7) is 6.19. The molecule has 1 aromatic rings. The van der Waals surface area contributed by atoms with Crippen LogP contribution in [0.2, 0.25) is 0 Å². The Balaban J connectivity index is 2.43. The number of esters is 1. The van der Waals surface area contributed by atoms with E-state index in [0.29, 0.717) is 24.5 Å². The van der Waals surface area contributed by atoms with Gasteiger partial charge in [-0.1, -0.05) is 0 Å². The SMILES string of the molecule is CCNC(=O)[C@H](C)OC(=O)CCC(=O)c1ccc(OCC)cc1. The number of likely N-dealkylation sites (N-methyl/N-ethyl adjacent to an activating group) is 1. The van der Waals surface area contributed by atoms with Crippen molar-refractivity contribution < 1.29 is 23.9 Å². The monoisotopic (exact) mass is 321 g/mol. The van der Waals surface area contributed by atoms with Crippen molar-refractivity contribution in [1.29, 1.82) is 0 Å². The lowest BCUT2D eigenvalue weighted by atomic mass is 10.1. The lowest BCUT2D eigenvalue weighted by Crippen LogP contribution is -2.35. The van der Waals surface area contributed by atoms with Gasteiger partial charge in [0, 0.05) is 18.5 Å². The van der Waals surface area contributed by atoms with E-state index in [2.05, 4.69) is 5.32 Å². The van der Waals surface area contributed by atoms with Gasteiger partial charge in [0.15, 0.2) is 11.9 Å². The predicted molar refractivity (Wildman–Crippen MR) is 85.4 cm³/mol. The second kappa shape index (κ2) is 9.61. The molecule has 0 aromatic heterocycles. The molecule has 1 amide bonds. The van der Waals surface area contributed by atoms with Crippen LogP contribution in [-0.4, -0.2) is 36.9 Å². The Morgan fingerprint density at radius 3 is 2.30 bits per heavy atom. The molecule has 1 N–H and O–H groups in total. The van der Waals surface area contributed by atoms with Crippen LogP contribution in [0.3, 0.4) is 0 Å². The first kappa shape index (κ1) is 18.7. The van der Waals surface area contributed by atoms with E-state index >= 15 is 0 Å². The smallest absolute Gasteiger partial charge is 0.307 e. The van der Waals surface area contributed by atoms with E-state index in [4.69, 9.17) is 9.47 Å². The molecule has 0 bridgehead atoms. The number of benzene rings is 1. The zero-order valence-electron chi connectivity index (χ0n) is 13.8. The summed E-state index contributed by atoms with van der Waals surface area (Å²) in [4.78, 5) is 35.1. The topological polar surface area (TPSA) is 81.7 Å². The van der Waals surface area contributed by atoms with Gasteiger partial charge in [-0.15, -0.1) is 0 Å². The van der Waals surface area contributed by atoms with Gasteiger partial charge in [-0.25, -0.2) is 0 Å². The molecule has 126 valence electrons. The Hall–Kier alpha value is -2.37.